The number of carbonyl (C=O) groups is 2. The lowest BCUT2D eigenvalue weighted by Gasteiger charge is -2.22. The number of alkyl carbamates (subject to hydrolysis) is 2. The fourth-order valence-electron chi connectivity index (χ4n) is 2.11. The topological polar surface area (TPSA) is 129 Å². The Balaban J connectivity index is 3.79. The summed E-state index contributed by atoms with van der Waals surface area (Å²) in [7, 11) is 0. The van der Waals surface area contributed by atoms with Crippen molar-refractivity contribution in [1.82, 2.24) is 10.6 Å². The third-order valence-electron chi connectivity index (χ3n) is 3.31. The molecule has 8 nitrogen and oxygen atoms in total. The predicted molar refractivity (Wildman–Crippen MR) is 103 cm³/mol. The zero-order valence-electron chi connectivity index (χ0n) is 17.2. The van der Waals surface area contributed by atoms with Gasteiger partial charge in [-0.25, -0.2) is 9.59 Å². The minimum Gasteiger partial charge on any atom is -0.444 e. The van der Waals surface area contributed by atoms with Crippen LogP contribution in [-0.4, -0.2) is 48.6 Å². The second kappa shape index (κ2) is 11.2. The molecule has 26 heavy (non-hydrogen) atoms. The van der Waals surface area contributed by atoms with Gasteiger partial charge in [-0.2, -0.15) is 0 Å². The summed E-state index contributed by atoms with van der Waals surface area (Å²) in [4.78, 5) is 23.0. The molecule has 0 aliphatic carbocycles. The molecule has 0 fully saturated rings. The summed E-state index contributed by atoms with van der Waals surface area (Å²) in [5.41, 5.74) is 11.2. The minimum absolute atomic E-state index is 0.156. The third kappa shape index (κ3) is 14.8. The Labute approximate surface area is 157 Å². The van der Waals surface area contributed by atoms with Crippen LogP contribution < -0.4 is 22.1 Å². The molecule has 0 radical (unpaired) electrons. The van der Waals surface area contributed by atoms with Crippen LogP contribution in [0.15, 0.2) is 0 Å². The van der Waals surface area contributed by atoms with Crippen LogP contribution in [0.2, 0.25) is 0 Å². The molecule has 0 saturated carbocycles. The van der Waals surface area contributed by atoms with E-state index in [0.29, 0.717) is 25.9 Å². The number of ether oxygens (including phenoxy) is 2. The number of hydrogen-bond acceptors (Lipinski definition) is 6. The first-order chi connectivity index (χ1) is 11.8. The quantitative estimate of drug-likeness (QED) is 0.458. The molecular weight excluding hydrogens is 336 g/mol. The van der Waals surface area contributed by atoms with Gasteiger partial charge in [-0.3, -0.25) is 0 Å². The van der Waals surface area contributed by atoms with Gasteiger partial charge in [0.25, 0.3) is 0 Å². The van der Waals surface area contributed by atoms with Gasteiger partial charge < -0.3 is 31.6 Å². The summed E-state index contributed by atoms with van der Waals surface area (Å²) >= 11 is 0. The first-order valence-corrected chi connectivity index (χ1v) is 9.25. The fourth-order valence-corrected chi connectivity index (χ4v) is 2.11. The summed E-state index contributed by atoms with van der Waals surface area (Å²) in [6.07, 6.45) is 2.01. The maximum atomic E-state index is 11.5. The summed E-state index contributed by atoms with van der Waals surface area (Å²) in [5.74, 6) is 0. The van der Waals surface area contributed by atoms with E-state index < -0.39 is 23.4 Å². The Morgan fingerprint density at radius 3 is 1.35 bits per heavy atom. The average molecular weight is 375 g/mol. The van der Waals surface area contributed by atoms with Crippen LogP contribution in [-0.2, 0) is 9.47 Å². The van der Waals surface area contributed by atoms with Gasteiger partial charge in [-0.05, 0) is 67.2 Å². The molecule has 0 aliphatic rings. The minimum atomic E-state index is -0.504. The van der Waals surface area contributed by atoms with Gasteiger partial charge in [0.1, 0.15) is 11.2 Å². The first-order valence-electron chi connectivity index (χ1n) is 9.25. The molecule has 0 aliphatic heterocycles. The molecule has 0 aromatic heterocycles. The fraction of sp³-hybridized carbons (Fsp3) is 0.889. The van der Waals surface area contributed by atoms with Crippen molar-refractivity contribution in [3.63, 3.8) is 0 Å². The highest BCUT2D eigenvalue weighted by Crippen LogP contribution is 2.08. The molecule has 0 spiro atoms. The van der Waals surface area contributed by atoms with Crippen molar-refractivity contribution >= 4 is 12.2 Å². The van der Waals surface area contributed by atoms with Gasteiger partial charge in [-0.15, -0.1) is 0 Å². The first kappa shape index (κ1) is 24.5. The Bertz CT molecular complexity index is 390. The smallest absolute Gasteiger partial charge is 0.407 e. The highest BCUT2D eigenvalue weighted by molar-refractivity contribution is 5.67. The van der Waals surface area contributed by atoms with Crippen molar-refractivity contribution in [2.75, 3.05) is 13.1 Å². The summed E-state index contributed by atoms with van der Waals surface area (Å²) < 4.78 is 10.3. The van der Waals surface area contributed by atoms with E-state index in [4.69, 9.17) is 20.9 Å². The Morgan fingerprint density at radius 1 is 0.769 bits per heavy atom. The number of rotatable bonds is 9. The van der Waals surface area contributed by atoms with Crippen LogP contribution in [0.5, 0.6) is 0 Å². The van der Waals surface area contributed by atoms with E-state index in [1.165, 1.54) is 0 Å². The van der Waals surface area contributed by atoms with Crippen LogP contribution in [0.3, 0.4) is 0 Å². The molecule has 0 saturated heterocycles. The number of amides is 2. The molecule has 2 atom stereocenters. The lowest BCUT2D eigenvalue weighted by atomic mass is 10.0. The number of hydrogen-bond donors (Lipinski definition) is 4. The van der Waals surface area contributed by atoms with Crippen molar-refractivity contribution in [2.24, 2.45) is 11.5 Å². The molecule has 6 N–H and O–H groups in total. The van der Waals surface area contributed by atoms with Gasteiger partial charge in [0.2, 0.25) is 0 Å². The van der Waals surface area contributed by atoms with Gasteiger partial charge in [0.15, 0.2) is 0 Å². The molecule has 0 aromatic carbocycles. The highest BCUT2D eigenvalue weighted by atomic mass is 16.6. The normalized spacial score (nSPS) is 14.3. The molecule has 0 rings (SSSR count). The molecule has 2 unspecified atom stereocenters. The van der Waals surface area contributed by atoms with Gasteiger partial charge in [0, 0.05) is 25.2 Å². The van der Waals surface area contributed by atoms with Crippen molar-refractivity contribution in [2.45, 2.75) is 90.5 Å². The second-order valence-corrected chi connectivity index (χ2v) is 8.47. The third-order valence-corrected chi connectivity index (χ3v) is 3.31. The maximum Gasteiger partial charge on any atom is 0.407 e. The molecule has 0 aromatic rings. The van der Waals surface area contributed by atoms with Crippen molar-refractivity contribution in [3.05, 3.63) is 0 Å². The van der Waals surface area contributed by atoms with E-state index in [-0.39, 0.29) is 12.1 Å². The van der Waals surface area contributed by atoms with Crippen LogP contribution in [0.25, 0.3) is 0 Å². The van der Waals surface area contributed by atoms with E-state index in [1.807, 2.05) is 41.5 Å². The van der Waals surface area contributed by atoms with Gasteiger partial charge >= 0.3 is 12.2 Å². The molecule has 0 bridgehead atoms. The summed E-state index contributed by atoms with van der Waals surface area (Å²) in [5, 5.41) is 5.40. The predicted octanol–water partition coefficient (Wildman–Crippen LogP) is 2.25. The monoisotopic (exact) mass is 374 g/mol. The van der Waals surface area contributed by atoms with Gasteiger partial charge in [-0.1, -0.05) is 0 Å². The van der Waals surface area contributed by atoms with Crippen molar-refractivity contribution < 1.29 is 19.1 Å². The Hall–Kier alpha value is -1.54. The van der Waals surface area contributed by atoms with Gasteiger partial charge in [0.05, 0.1) is 0 Å². The standard InChI is InChI=1S/C18H38N4O4/c1-17(2,3)25-15(23)21-11-7-9-13(19)14(20)10-8-12-22-16(24)26-18(4,5)6/h13-14H,7-12,19-20H2,1-6H3,(H,21,23)(H,22,24). The van der Waals surface area contributed by atoms with Crippen molar-refractivity contribution in [1.29, 1.82) is 0 Å². The summed E-state index contributed by atoms with van der Waals surface area (Å²) in [6.45, 7) is 11.9. The molecule has 154 valence electrons. The lowest BCUT2D eigenvalue weighted by Crippen LogP contribution is -2.42. The second-order valence-electron chi connectivity index (χ2n) is 8.47. The van der Waals surface area contributed by atoms with Crippen molar-refractivity contribution in [3.8, 4) is 0 Å². The van der Waals surface area contributed by atoms with Crippen LogP contribution in [0, 0.1) is 0 Å². The van der Waals surface area contributed by atoms with E-state index in [1.54, 1.807) is 0 Å². The molecule has 8 heteroatoms. The van der Waals surface area contributed by atoms with E-state index in [2.05, 4.69) is 10.6 Å². The molecular formula is C18H38N4O4. The van der Waals surface area contributed by atoms with Crippen LogP contribution >= 0.6 is 0 Å². The lowest BCUT2D eigenvalue weighted by molar-refractivity contribution is 0.0514. The zero-order valence-corrected chi connectivity index (χ0v) is 17.2. The number of carbonyl (C=O) groups excluding carboxylic acids is 2. The maximum absolute atomic E-state index is 11.5. The number of nitrogens with two attached hydrogens (primary N) is 2. The number of nitrogens with one attached hydrogen (secondary N) is 2. The SMILES string of the molecule is CC(C)(C)OC(=O)NCCCC(N)C(N)CCCNC(=O)OC(C)(C)C. The molecule has 0 heterocycles. The average Bonchev–Trinajstić information content (AvgIpc) is 2.44. The van der Waals surface area contributed by atoms with E-state index >= 15 is 0 Å². The van der Waals surface area contributed by atoms with E-state index in [9.17, 15) is 9.59 Å². The highest BCUT2D eigenvalue weighted by Gasteiger charge is 2.17. The van der Waals surface area contributed by atoms with Crippen LogP contribution in [0.4, 0.5) is 9.59 Å². The zero-order chi connectivity index (χ0) is 20.4. The Morgan fingerprint density at radius 2 is 1.08 bits per heavy atom. The summed E-state index contributed by atoms with van der Waals surface area (Å²) in [6, 6.07) is -0.311. The Kier molecular flexibility index (Phi) is 10.6. The van der Waals surface area contributed by atoms with Crippen LogP contribution in [0.1, 0.15) is 67.2 Å². The largest absolute Gasteiger partial charge is 0.444 e. The molecule has 2 amide bonds. The van der Waals surface area contributed by atoms with E-state index in [0.717, 1.165) is 12.8 Å².